The third-order valence-electron chi connectivity index (χ3n) is 5.30. The summed E-state index contributed by atoms with van der Waals surface area (Å²) in [5, 5.41) is 18.3. The number of hydrogen-bond acceptors (Lipinski definition) is 8. The van der Waals surface area contributed by atoms with Gasteiger partial charge in [0.25, 0.3) is 11.2 Å². The highest BCUT2D eigenvalue weighted by atomic mass is 19.1. The summed E-state index contributed by atoms with van der Waals surface area (Å²) in [5.41, 5.74) is 0.129. The molecule has 0 amide bonds. The Morgan fingerprint density at radius 1 is 1.17 bits per heavy atom. The van der Waals surface area contributed by atoms with Gasteiger partial charge in [0, 0.05) is 17.7 Å². The van der Waals surface area contributed by atoms with Crippen LogP contribution in [0.2, 0.25) is 0 Å². The average Bonchev–Trinajstić information content (AvgIpc) is 3.67. The van der Waals surface area contributed by atoms with Crippen molar-refractivity contribution >= 4 is 28.2 Å². The number of hydrogen-bond donors (Lipinski definition) is 1. The lowest BCUT2D eigenvalue weighted by atomic mass is 10.1. The standard InChI is InChI=1S/C22H16FN5O5.C2H6/c1-11-5-8-16(15(23)9-11)24-20-17-19(33-22(30)25-20)18(26-27(21(17)29)13-6-7-13)12-3-2-4-14(10-12)28(31)32;1-2/h2-5,8-10,13H,6-7H2,1H3,(H,24,25,30);1-2H3. The fourth-order valence-electron chi connectivity index (χ4n) is 3.56. The SMILES string of the molecule is CC.Cc1ccc(Nc2nc(=O)oc3c(-c4cccc([N+](=O)[O-])c4)nn(C4CC4)c(=O)c23)c(F)c1. The van der Waals surface area contributed by atoms with E-state index in [2.05, 4.69) is 15.4 Å². The van der Waals surface area contributed by atoms with Crippen LogP contribution in [0.4, 0.5) is 21.6 Å². The maximum absolute atomic E-state index is 14.5. The van der Waals surface area contributed by atoms with E-state index < -0.39 is 22.1 Å². The van der Waals surface area contributed by atoms with Crippen LogP contribution in [0.3, 0.4) is 0 Å². The highest BCUT2D eigenvalue weighted by Crippen LogP contribution is 2.36. The number of fused-ring (bicyclic) bond motifs is 1. The Bertz CT molecular complexity index is 1560. The van der Waals surface area contributed by atoms with E-state index in [1.807, 2.05) is 13.8 Å². The molecule has 0 radical (unpaired) electrons. The van der Waals surface area contributed by atoms with Crippen LogP contribution < -0.4 is 16.6 Å². The molecule has 2 aromatic carbocycles. The fourth-order valence-corrected chi connectivity index (χ4v) is 3.56. The summed E-state index contributed by atoms with van der Waals surface area (Å²) < 4.78 is 21.0. The van der Waals surface area contributed by atoms with Gasteiger partial charge in [-0.05, 0) is 37.5 Å². The molecule has 1 N–H and O–H groups in total. The van der Waals surface area contributed by atoms with Crippen LogP contribution in [0.25, 0.3) is 22.2 Å². The number of nitrogens with zero attached hydrogens (tertiary/aromatic N) is 4. The molecule has 1 fully saturated rings. The Labute approximate surface area is 198 Å². The van der Waals surface area contributed by atoms with Gasteiger partial charge in [-0.25, -0.2) is 13.9 Å². The Morgan fingerprint density at radius 3 is 2.57 bits per heavy atom. The predicted molar refractivity (Wildman–Crippen MR) is 128 cm³/mol. The molecule has 1 saturated carbocycles. The number of aromatic nitrogens is 3. The van der Waals surface area contributed by atoms with Gasteiger partial charge in [0.2, 0.25) is 0 Å². The highest BCUT2D eigenvalue weighted by molar-refractivity contribution is 5.96. The lowest BCUT2D eigenvalue weighted by molar-refractivity contribution is -0.384. The number of benzene rings is 2. The second kappa shape index (κ2) is 9.45. The van der Waals surface area contributed by atoms with Gasteiger partial charge in [0.1, 0.15) is 16.9 Å². The second-order valence-electron chi connectivity index (χ2n) is 7.78. The van der Waals surface area contributed by atoms with Crippen molar-refractivity contribution in [3.63, 3.8) is 0 Å². The molecule has 2 heterocycles. The molecule has 0 aliphatic heterocycles. The number of nitro benzene ring substituents is 1. The maximum Gasteiger partial charge on any atom is 0.441 e. The number of rotatable bonds is 5. The molecule has 10 nitrogen and oxygen atoms in total. The van der Waals surface area contributed by atoms with Crippen LogP contribution in [0, 0.1) is 22.9 Å². The predicted octanol–water partition coefficient (Wildman–Crippen LogP) is 4.87. The smallest absolute Gasteiger partial charge is 0.405 e. The van der Waals surface area contributed by atoms with Crippen molar-refractivity contribution in [3.8, 4) is 11.3 Å². The monoisotopic (exact) mass is 479 g/mol. The third kappa shape index (κ3) is 4.65. The first-order valence-corrected chi connectivity index (χ1v) is 11.1. The van der Waals surface area contributed by atoms with Gasteiger partial charge in [0.15, 0.2) is 11.4 Å². The van der Waals surface area contributed by atoms with Crippen LogP contribution in [-0.2, 0) is 0 Å². The molecule has 180 valence electrons. The van der Waals surface area contributed by atoms with Gasteiger partial charge in [-0.2, -0.15) is 10.1 Å². The quantitative estimate of drug-likeness (QED) is 0.316. The van der Waals surface area contributed by atoms with E-state index >= 15 is 0 Å². The average molecular weight is 479 g/mol. The molecular formula is C24H22FN5O5. The van der Waals surface area contributed by atoms with Gasteiger partial charge in [0.05, 0.1) is 16.7 Å². The Hall–Kier alpha value is -4.41. The number of nitrogens with one attached hydrogen (secondary N) is 1. The fraction of sp³-hybridized carbons (Fsp3) is 0.250. The molecule has 1 aliphatic rings. The summed E-state index contributed by atoms with van der Waals surface area (Å²) in [5.74, 6) is -1.80. The first-order valence-electron chi connectivity index (χ1n) is 11.1. The lowest BCUT2D eigenvalue weighted by Crippen LogP contribution is -2.25. The van der Waals surface area contributed by atoms with Crippen molar-refractivity contribution in [2.45, 2.75) is 39.7 Å². The number of aryl methyl sites for hydroxylation is 1. The van der Waals surface area contributed by atoms with Crippen molar-refractivity contribution in [1.29, 1.82) is 0 Å². The van der Waals surface area contributed by atoms with Crippen LogP contribution >= 0.6 is 0 Å². The molecule has 1 aliphatic carbocycles. The van der Waals surface area contributed by atoms with E-state index in [0.717, 1.165) is 12.8 Å². The van der Waals surface area contributed by atoms with E-state index in [1.54, 1.807) is 19.1 Å². The van der Waals surface area contributed by atoms with E-state index in [0.29, 0.717) is 5.56 Å². The van der Waals surface area contributed by atoms with Gasteiger partial charge < -0.3 is 9.73 Å². The summed E-state index contributed by atoms with van der Waals surface area (Å²) >= 11 is 0. The van der Waals surface area contributed by atoms with E-state index in [4.69, 9.17) is 4.42 Å². The molecule has 11 heteroatoms. The molecule has 35 heavy (non-hydrogen) atoms. The molecule has 0 saturated heterocycles. The normalized spacial score (nSPS) is 12.7. The first-order chi connectivity index (χ1) is 16.8. The third-order valence-corrected chi connectivity index (χ3v) is 5.30. The Kier molecular flexibility index (Phi) is 6.41. The summed E-state index contributed by atoms with van der Waals surface area (Å²) in [4.78, 5) is 40.0. The van der Waals surface area contributed by atoms with Gasteiger partial charge in [-0.1, -0.05) is 32.0 Å². The van der Waals surface area contributed by atoms with Gasteiger partial charge >= 0.3 is 5.76 Å². The number of anilines is 2. The highest BCUT2D eigenvalue weighted by Gasteiger charge is 2.30. The molecular weight excluding hydrogens is 457 g/mol. The summed E-state index contributed by atoms with van der Waals surface area (Å²) in [6.45, 7) is 5.73. The van der Waals surface area contributed by atoms with Gasteiger partial charge in [-0.15, -0.1) is 0 Å². The lowest BCUT2D eigenvalue weighted by Gasteiger charge is -2.13. The zero-order valence-electron chi connectivity index (χ0n) is 19.2. The molecule has 0 bridgehead atoms. The van der Waals surface area contributed by atoms with Crippen molar-refractivity contribution in [3.05, 3.63) is 84.9 Å². The van der Waals surface area contributed by atoms with Crippen molar-refractivity contribution in [2.24, 2.45) is 0 Å². The van der Waals surface area contributed by atoms with E-state index in [1.165, 1.54) is 35.0 Å². The number of halogens is 1. The zero-order valence-corrected chi connectivity index (χ0v) is 19.2. The largest absolute Gasteiger partial charge is 0.441 e. The number of non-ortho nitro benzene ring substituents is 1. The minimum Gasteiger partial charge on any atom is -0.405 e. The molecule has 4 aromatic rings. The van der Waals surface area contributed by atoms with Crippen molar-refractivity contribution in [2.75, 3.05) is 5.32 Å². The number of nitro groups is 1. The second-order valence-corrected chi connectivity index (χ2v) is 7.78. The maximum atomic E-state index is 14.5. The summed E-state index contributed by atoms with van der Waals surface area (Å²) in [6.07, 6.45) is 1.46. The first kappa shape index (κ1) is 23.7. The Morgan fingerprint density at radius 2 is 1.91 bits per heavy atom. The Balaban J connectivity index is 0.00000141. The molecule has 2 aromatic heterocycles. The molecule has 5 rings (SSSR count). The minimum absolute atomic E-state index is 0.0195. The van der Waals surface area contributed by atoms with Crippen LogP contribution in [0.5, 0.6) is 0 Å². The van der Waals surface area contributed by atoms with Crippen LogP contribution in [0.15, 0.2) is 56.5 Å². The van der Waals surface area contributed by atoms with Crippen molar-refractivity contribution < 1.29 is 13.7 Å². The molecule has 0 atom stereocenters. The van der Waals surface area contributed by atoms with Crippen molar-refractivity contribution in [1.82, 2.24) is 14.8 Å². The minimum atomic E-state index is -1.03. The molecule has 0 unspecified atom stereocenters. The topological polar surface area (TPSA) is 133 Å². The van der Waals surface area contributed by atoms with E-state index in [-0.39, 0.29) is 45.5 Å². The van der Waals surface area contributed by atoms with E-state index in [9.17, 15) is 24.1 Å². The zero-order chi connectivity index (χ0) is 25.3. The van der Waals surface area contributed by atoms with Gasteiger partial charge in [-0.3, -0.25) is 14.9 Å². The van der Waals surface area contributed by atoms with Crippen LogP contribution in [0.1, 0.15) is 38.3 Å². The summed E-state index contributed by atoms with van der Waals surface area (Å²) in [6, 6.07) is 9.89. The summed E-state index contributed by atoms with van der Waals surface area (Å²) in [7, 11) is 0. The molecule has 0 spiro atoms. The van der Waals surface area contributed by atoms with Crippen LogP contribution in [-0.4, -0.2) is 19.7 Å².